The summed E-state index contributed by atoms with van der Waals surface area (Å²) in [4.78, 5) is 22.2. The Morgan fingerprint density at radius 2 is 1.97 bits per heavy atom. The van der Waals surface area contributed by atoms with Gasteiger partial charge in [-0.05, 0) is 49.2 Å². The average molecular weight is 385 g/mol. The first-order valence-electron chi connectivity index (χ1n) is 9.54. The average Bonchev–Trinajstić information content (AvgIpc) is 3.08. The molecule has 0 radical (unpaired) electrons. The molecule has 6 nitrogen and oxygen atoms in total. The van der Waals surface area contributed by atoms with Crippen molar-refractivity contribution in [1.82, 2.24) is 14.9 Å². The van der Waals surface area contributed by atoms with Crippen LogP contribution in [0.4, 0.5) is 0 Å². The van der Waals surface area contributed by atoms with Crippen LogP contribution in [0.25, 0.3) is 11.3 Å². The molecule has 0 saturated carbocycles. The van der Waals surface area contributed by atoms with Crippen molar-refractivity contribution >= 4 is 5.91 Å². The molecule has 1 aliphatic heterocycles. The summed E-state index contributed by atoms with van der Waals surface area (Å²) in [6.45, 7) is 4.69. The summed E-state index contributed by atoms with van der Waals surface area (Å²) in [5.74, 6) is 0.958. The predicted molar refractivity (Wildman–Crippen MR) is 107 cm³/mol. The Labute approximate surface area is 169 Å². The molecule has 3 aromatic rings. The van der Waals surface area contributed by atoms with E-state index in [1.54, 1.807) is 0 Å². The van der Waals surface area contributed by atoms with Crippen molar-refractivity contribution in [2.75, 3.05) is 13.1 Å². The van der Waals surface area contributed by atoms with E-state index in [9.17, 15) is 9.90 Å². The summed E-state index contributed by atoms with van der Waals surface area (Å²) in [6, 6.07) is 15.2. The zero-order valence-electron chi connectivity index (χ0n) is 16.4. The van der Waals surface area contributed by atoms with E-state index in [-0.39, 0.29) is 18.4 Å². The quantitative estimate of drug-likeness (QED) is 0.747. The van der Waals surface area contributed by atoms with Crippen LogP contribution in [0.2, 0.25) is 0 Å². The maximum absolute atomic E-state index is 13.0. The van der Waals surface area contributed by atoms with Crippen molar-refractivity contribution in [3.05, 3.63) is 76.2 Å². The first-order valence-corrected chi connectivity index (χ1v) is 9.54. The number of hydrogen-bond acceptors (Lipinski definition) is 4. The number of imidazole rings is 1. The van der Waals surface area contributed by atoms with E-state index in [1.807, 2.05) is 61.2 Å². The molecule has 4 rings (SSSR count). The van der Waals surface area contributed by atoms with Gasteiger partial charge in [0.25, 0.3) is 5.91 Å². The Morgan fingerprint density at radius 3 is 2.62 bits per heavy atom. The molecule has 1 saturated heterocycles. The number of rotatable bonds is 4. The van der Waals surface area contributed by atoms with E-state index in [0.717, 1.165) is 16.7 Å². The Balaban J connectivity index is 1.52. The first-order chi connectivity index (χ1) is 14.0. The summed E-state index contributed by atoms with van der Waals surface area (Å²) < 4.78 is 0. The predicted octanol–water partition coefficient (Wildman–Crippen LogP) is 2.67. The standard InChI is InChI=1S/C23H21N4O2/c1-14-3-6-18(9-20(14)22-21(13-28)25-15(2)26-22)23(29)27-11-19(12-27)17-7-4-16(10-24)5-8-17/h3-9,19H,11-13H2,1-2H3,(H,25,26)/q-1. The van der Waals surface area contributed by atoms with E-state index in [2.05, 4.69) is 16.0 Å². The minimum Gasteiger partial charge on any atom is -0.850 e. The molecule has 1 N–H and O–H groups in total. The Kier molecular flexibility index (Phi) is 4.91. The molecule has 1 aliphatic rings. The molecule has 146 valence electrons. The molecule has 0 unspecified atom stereocenters. The van der Waals surface area contributed by atoms with Crippen molar-refractivity contribution < 1.29 is 9.90 Å². The van der Waals surface area contributed by atoms with Crippen LogP contribution >= 0.6 is 0 Å². The largest absolute Gasteiger partial charge is 0.850 e. The number of carbonyl (C=O) groups is 1. The lowest BCUT2D eigenvalue weighted by atomic mass is 9.90. The highest BCUT2D eigenvalue weighted by Gasteiger charge is 2.32. The number of likely N-dealkylation sites (tertiary alicyclic amines) is 1. The summed E-state index contributed by atoms with van der Waals surface area (Å²) in [5, 5.41) is 20.4. The van der Waals surface area contributed by atoms with E-state index < -0.39 is 0 Å². The molecule has 6 heteroatoms. The molecule has 2 heterocycles. The number of nitriles is 1. The van der Waals surface area contributed by atoms with Gasteiger partial charge in [0.2, 0.25) is 0 Å². The summed E-state index contributed by atoms with van der Waals surface area (Å²) in [6.07, 6.45) is 0. The van der Waals surface area contributed by atoms with Crippen molar-refractivity contribution in [1.29, 1.82) is 5.26 Å². The third-order valence-electron chi connectivity index (χ3n) is 5.46. The second kappa shape index (κ2) is 7.53. The van der Waals surface area contributed by atoms with Gasteiger partial charge in [-0.15, -0.1) is 0 Å². The van der Waals surface area contributed by atoms with Crippen LogP contribution in [0.1, 0.15) is 44.5 Å². The summed E-state index contributed by atoms with van der Waals surface area (Å²) in [5.41, 5.74) is 5.34. The highest BCUT2D eigenvalue weighted by atomic mass is 16.3. The molecular weight excluding hydrogens is 364 g/mol. The number of H-pyrrole nitrogens is 1. The minimum absolute atomic E-state index is 0.0212. The van der Waals surface area contributed by atoms with Crippen LogP contribution in [0, 0.1) is 25.2 Å². The maximum atomic E-state index is 13.0. The van der Waals surface area contributed by atoms with Crippen LogP contribution in [0.15, 0.2) is 42.5 Å². The number of hydrogen-bond donors (Lipinski definition) is 1. The Hall–Kier alpha value is -3.43. The van der Waals surface area contributed by atoms with Crippen LogP contribution in [0.5, 0.6) is 0 Å². The number of nitrogens with one attached hydrogen (secondary N) is 1. The molecule has 0 atom stereocenters. The smallest absolute Gasteiger partial charge is 0.253 e. The van der Waals surface area contributed by atoms with Gasteiger partial charge in [-0.25, -0.2) is 4.98 Å². The van der Waals surface area contributed by atoms with Crippen molar-refractivity contribution in [3.63, 3.8) is 0 Å². The van der Waals surface area contributed by atoms with Gasteiger partial charge in [-0.2, -0.15) is 5.26 Å². The third-order valence-corrected chi connectivity index (χ3v) is 5.46. The highest BCUT2D eigenvalue weighted by Crippen LogP contribution is 2.31. The molecule has 29 heavy (non-hydrogen) atoms. The fraction of sp³-hybridized carbons (Fsp3) is 0.261. The lowest BCUT2D eigenvalue weighted by molar-refractivity contribution is -0.387. The molecule has 2 aromatic carbocycles. The fourth-order valence-corrected chi connectivity index (χ4v) is 3.75. The topological polar surface area (TPSA) is 95.8 Å². The molecule has 0 spiro atoms. The first kappa shape index (κ1) is 18.9. The Bertz CT molecular complexity index is 1100. The van der Waals surface area contributed by atoms with E-state index >= 15 is 0 Å². The monoisotopic (exact) mass is 385 g/mol. The van der Waals surface area contributed by atoms with Crippen LogP contribution in [-0.4, -0.2) is 33.9 Å². The van der Waals surface area contributed by atoms with Crippen molar-refractivity contribution in [3.8, 4) is 17.3 Å². The van der Waals surface area contributed by atoms with Gasteiger partial charge >= 0.3 is 0 Å². The number of carbonyl (C=O) groups excluding carboxylic acids is 1. The number of aryl methyl sites for hydroxylation is 2. The molecule has 1 amide bonds. The van der Waals surface area contributed by atoms with Gasteiger partial charge in [0.1, 0.15) is 5.82 Å². The van der Waals surface area contributed by atoms with E-state index in [1.165, 1.54) is 0 Å². The van der Waals surface area contributed by atoms with Gasteiger partial charge < -0.3 is 15.0 Å². The fourth-order valence-electron chi connectivity index (χ4n) is 3.75. The lowest BCUT2D eigenvalue weighted by Gasteiger charge is -2.39. The molecular formula is C23H21N4O2-. The minimum atomic E-state index is -0.383. The van der Waals surface area contributed by atoms with Crippen LogP contribution < -0.4 is 5.11 Å². The molecule has 1 aromatic heterocycles. The normalized spacial score (nSPS) is 13.8. The third kappa shape index (κ3) is 3.53. The van der Waals surface area contributed by atoms with Crippen LogP contribution in [0.3, 0.4) is 0 Å². The number of aromatic nitrogens is 2. The lowest BCUT2D eigenvalue weighted by Crippen LogP contribution is -2.48. The zero-order chi connectivity index (χ0) is 20.5. The van der Waals surface area contributed by atoms with E-state index in [4.69, 9.17) is 5.26 Å². The van der Waals surface area contributed by atoms with Gasteiger partial charge in [0.15, 0.2) is 0 Å². The maximum Gasteiger partial charge on any atom is 0.253 e. The number of benzene rings is 2. The SMILES string of the molecule is Cc1nc(-c2cc(C(=O)N3CC(c4ccc(C#N)cc4)C3)ccc2C)c(C[O-])[nH]1. The molecule has 1 fully saturated rings. The van der Waals surface area contributed by atoms with Crippen molar-refractivity contribution in [2.24, 2.45) is 0 Å². The number of amides is 1. The zero-order valence-corrected chi connectivity index (χ0v) is 16.4. The summed E-state index contributed by atoms with van der Waals surface area (Å²) >= 11 is 0. The number of nitrogens with zero attached hydrogens (tertiary/aromatic N) is 3. The van der Waals surface area contributed by atoms with Gasteiger partial charge in [-0.3, -0.25) is 4.79 Å². The van der Waals surface area contributed by atoms with Crippen molar-refractivity contribution in [2.45, 2.75) is 26.4 Å². The molecule has 0 bridgehead atoms. The van der Waals surface area contributed by atoms with Gasteiger partial charge in [0.05, 0.1) is 17.3 Å². The second-order valence-electron chi connectivity index (χ2n) is 7.46. The number of aromatic amines is 1. The van der Waals surface area contributed by atoms with Gasteiger partial charge in [-0.1, -0.05) is 24.8 Å². The second-order valence-corrected chi connectivity index (χ2v) is 7.46. The summed E-state index contributed by atoms with van der Waals surface area (Å²) in [7, 11) is 0. The van der Waals surface area contributed by atoms with Gasteiger partial charge in [0, 0.05) is 35.8 Å². The van der Waals surface area contributed by atoms with Crippen LogP contribution in [-0.2, 0) is 6.61 Å². The molecule has 0 aliphatic carbocycles. The van der Waals surface area contributed by atoms with E-state index in [0.29, 0.717) is 41.4 Å². The highest BCUT2D eigenvalue weighted by molar-refractivity contribution is 5.96. The Morgan fingerprint density at radius 1 is 1.24 bits per heavy atom.